The first kappa shape index (κ1) is 27.0. The normalized spacial score (nSPS) is 15.6. The number of sulfonamides is 1. The molecule has 2 aliphatic rings. The number of amides is 1. The minimum Gasteiger partial charge on any atom is -0.476 e. The van der Waals surface area contributed by atoms with Crippen LogP contribution in [0.2, 0.25) is 0 Å². The fraction of sp³-hybridized carbons (Fsp3) is 0.300. The molecule has 2 aromatic heterocycles. The zero-order valence-electron chi connectivity index (χ0n) is 23.2. The van der Waals surface area contributed by atoms with Gasteiger partial charge in [0.15, 0.2) is 0 Å². The van der Waals surface area contributed by atoms with Crippen molar-refractivity contribution in [3.63, 3.8) is 0 Å². The summed E-state index contributed by atoms with van der Waals surface area (Å²) >= 11 is 0. The number of carbonyl (C=O) groups is 1. The molecular weight excluding hydrogens is 540 g/mol. The zero-order valence-corrected chi connectivity index (χ0v) is 24.0. The highest BCUT2D eigenvalue weighted by Gasteiger charge is 2.56. The van der Waals surface area contributed by atoms with Crippen LogP contribution in [0.15, 0.2) is 71.9 Å². The van der Waals surface area contributed by atoms with Crippen LogP contribution in [0, 0.1) is 0 Å². The van der Waals surface area contributed by atoms with Crippen molar-refractivity contribution in [1.82, 2.24) is 14.9 Å². The summed E-state index contributed by atoms with van der Waals surface area (Å²) < 4.78 is 35.1. The number of pyridine rings is 2. The molecule has 2 aromatic carbocycles. The lowest BCUT2D eigenvalue weighted by atomic mass is 10.0. The molecule has 2 N–H and O–H groups in total. The average Bonchev–Trinajstić information content (AvgIpc) is 3.77. The molecule has 0 bridgehead atoms. The number of aromatic nitrogens is 2. The predicted octanol–water partition coefficient (Wildman–Crippen LogP) is 4.35. The molecule has 10 nitrogen and oxygen atoms in total. The molecule has 41 heavy (non-hydrogen) atoms. The van der Waals surface area contributed by atoms with Crippen molar-refractivity contribution >= 4 is 43.9 Å². The number of benzene rings is 2. The van der Waals surface area contributed by atoms with Gasteiger partial charge in [0.2, 0.25) is 11.8 Å². The molecular formula is C30H32N6O4S. The van der Waals surface area contributed by atoms with E-state index in [1.807, 2.05) is 39.3 Å². The molecule has 0 unspecified atom stereocenters. The highest BCUT2D eigenvalue weighted by Crippen LogP contribution is 2.51. The number of hydrogen-bond acceptors (Lipinski definition) is 8. The van der Waals surface area contributed by atoms with Gasteiger partial charge in [-0.05, 0) is 69.3 Å². The maximum atomic E-state index is 13.2. The summed E-state index contributed by atoms with van der Waals surface area (Å²) in [5.41, 5.74) is 3.68. The van der Waals surface area contributed by atoms with Crippen molar-refractivity contribution in [3.05, 3.63) is 67.0 Å². The topological polar surface area (TPSA) is 117 Å². The van der Waals surface area contributed by atoms with Gasteiger partial charge >= 0.3 is 0 Å². The SMILES string of the molecule is CN(C)CCCOc1ncc(-c2ccc3ncc4c(c3c2)N(C)C2(CC2)C(=O)N4)cc1NS(=O)(=O)c1ccccc1. The van der Waals surface area contributed by atoms with Gasteiger partial charge in [0.25, 0.3) is 10.0 Å². The Morgan fingerprint density at radius 3 is 2.56 bits per heavy atom. The first-order chi connectivity index (χ1) is 19.7. The molecule has 1 aliphatic heterocycles. The quantitative estimate of drug-likeness (QED) is 0.285. The molecule has 1 amide bonds. The summed E-state index contributed by atoms with van der Waals surface area (Å²) in [6, 6.07) is 15.8. The minimum absolute atomic E-state index is 0.00511. The van der Waals surface area contributed by atoms with Crippen molar-refractivity contribution in [1.29, 1.82) is 0 Å². The van der Waals surface area contributed by atoms with Gasteiger partial charge in [-0.3, -0.25) is 14.5 Å². The molecule has 4 aromatic rings. The maximum Gasteiger partial charge on any atom is 0.262 e. The number of nitrogens with one attached hydrogen (secondary N) is 2. The van der Waals surface area contributed by atoms with E-state index >= 15 is 0 Å². The van der Waals surface area contributed by atoms with Crippen molar-refractivity contribution in [3.8, 4) is 17.0 Å². The van der Waals surface area contributed by atoms with E-state index in [0.29, 0.717) is 17.9 Å². The summed E-state index contributed by atoms with van der Waals surface area (Å²) in [7, 11) is 2.05. The lowest BCUT2D eigenvalue weighted by Crippen LogP contribution is -2.48. The second-order valence-electron chi connectivity index (χ2n) is 10.8. The fourth-order valence-electron chi connectivity index (χ4n) is 5.25. The highest BCUT2D eigenvalue weighted by molar-refractivity contribution is 7.92. The van der Waals surface area contributed by atoms with Crippen LogP contribution in [0.25, 0.3) is 22.0 Å². The van der Waals surface area contributed by atoms with Crippen molar-refractivity contribution < 1.29 is 17.9 Å². The van der Waals surface area contributed by atoms with E-state index in [0.717, 1.165) is 48.0 Å². The molecule has 1 fully saturated rings. The lowest BCUT2D eigenvalue weighted by molar-refractivity contribution is -0.118. The minimum atomic E-state index is -3.88. The standard InChI is InChI=1S/C30H32N6O4S/c1-35(2)14-7-15-40-28-25(34-41(38,39)22-8-5-4-6-9-22)17-21(18-32-28)20-10-11-24-23(16-20)27-26(19-31-24)33-29(37)30(12-13-30)36(27)3/h4-6,8-11,16-19,34H,7,12-15H2,1-3H3,(H,33,37). The Morgan fingerprint density at radius 2 is 1.83 bits per heavy atom. The monoisotopic (exact) mass is 572 g/mol. The van der Waals surface area contributed by atoms with E-state index in [1.165, 1.54) is 0 Å². The second kappa shape index (κ2) is 10.3. The van der Waals surface area contributed by atoms with Gasteiger partial charge in [-0.15, -0.1) is 0 Å². The molecule has 11 heteroatoms. The summed E-state index contributed by atoms with van der Waals surface area (Å²) in [6.07, 6.45) is 5.75. The molecule has 0 atom stereocenters. The second-order valence-corrected chi connectivity index (χ2v) is 12.5. The number of rotatable bonds is 9. The van der Waals surface area contributed by atoms with Crippen LogP contribution < -0.4 is 19.7 Å². The van der Waals surface area contributed by atoms with Crippen molar-refractivity contribution in [2.24, 2.45) is 0 Å². The Labute approximate surface area is 239 Å². The van der Waals surface area contributed by atoms with Gasteiger partial charge in [-0.25, -0.2) is 13.4 Å². The smallest absolute Gasteiger partial charge is 0.262 e. The summed E-state index contributed by atoms with van der Waals surface area (Å²) in [5, 5.41) is 3.92. The van der Waals surface area contributed by atoms with Gasteiger partial charge in [-0.1, -0.05) is 24.3 Å². The van der Waals surface area contributed by atoms with Crippen LogP contribution >= 0.6 is 0 Å². The molecule has 0 saturated heterocycles. The van der Waals surface area contributed by atoms with Gasteiger partial charge in [0.1, 0.15) is 11.2 Å². The number of fused-ring (bicyclic) bond motifs is 3. The average molecular weight is 573 g/mol. The Kier molecular flexibility index (Phi) is 6.79. The Hall–Kier alpha value is -4.22. The Balaban J connectivity index is 1.39. The number of ether oxygens (including phenoxy) is 1. The Bertz CT molecular complexity index is 1740. The van der Waals surface area contributed by atoms with Crippen molar-refractivity contribution in [2.45, 2.75) is 29.7 Å². The van der Waals surface area contributed by atoms with Crippen LogP contribution in [0.4, 0.5) is 17.1 Å². The number of anilines is 3. The predicted molar refractivity (Wildman–Crippen MR) is 160 cm³/mol. The van der Waals surface area contributed by atoms with Crippen LogP contribution in [0.1, 0.15) is 19.3 Å². The van der Waals surface area contributed by atoms with Crippen LogP contribution in [-0.4, -0.2) is 69.0 Å². The molecule has 212 valence electrons. The third kappa shape index (κ3) is 5.07. The fourth-order valence-corrected chi connectivity index (χ4v) is 6.32. The maximum absolute atomic E-state index is 13.2. The molecule has 1 spiro atoms. The van der Waals surface area contributed by atoms with Crippen LogP contribution in [0.5, 0.6) is 5.88 Å². The molecule has 3 heterocycles. The number of carbonyl (C=O) groups excluding carboxylic acids is 1. The first-order valence-corrected chi connectivity index (χ1v) is 15.0. The molecule has 0 radical (unpaired) electrons. The van der Waals surface area contributed by atoms with Crippen LogP contribution in [0.3, 0.4) is 0 Å². The third-order valence-electron chi connectivity index (χ3n) is 7.68. The van der Waals surface area contributed by atoms with E-state index in [4.69, 9.17) is 4.74 Å². The number of nitrogens with zero attached hydrogens (tertiary/aromatic N) is 4. The summed E-state index contributed by atoms with van der Waals surface area (Å²) in [5.74, 6) is 0.218. The zero-order chi connectivity index (χ0) is 28.8. The number of hydrogen-bond donors (Lipinski definition) is 2. The summed E-state index contributed by atoms with van der Waals surface area (Å²) in [4.78, 5) is 26.1. The van der Waals surface area contributed by atoms with E-state index in [-0.39, 0.29) is 22.4 Å². The van der Waals surface area contributed by atoms with E-state index in [2.05, 4.69) is 29.8 Å². The van der Waals surface area contributed by atoms with Crippen LogP contribution in [-0.2, 0) is 14.8 Å². The van der Waals surface area contributed by atoms with Crippen molar-refractivity contribution in [2.75, 3.05) is 49.2 Å². The number of likely N-dealkylation sites (N-methyl/N-ethyl adjacent to an activating group) is 1. The van der Waals surface area contributed by atoms with E-state index in [1.54, 1.807) is 48.8 Å². The van der Waals surface area contributed by atoms with E-state index in [9.17, 15) is 13.2 Å². The largest absolute Gasteiger partial charge is 0.476 e. The summed E-state index contributed by atoms with van der Waals surface area (Å²) in [6.45, 7) is 1.22. The van der Waals surface area contributed by atoms with Gasteiger partial charge in [0.05, 0.1) is 34.6 Å². The third-order valence-corrected chi connectivity index (χ3v) is 9.06. The molecule has 6 rings (SSSR count). The van der Waals surface area contributed by atoms with Gasteiger partial charge in [-0.2, -0.15) is 0 Å². The van der Waals surface area contributed by atoms with E-state index < -0.39 is 15.6 Å². The molecule has 1 aliphatic carbocycles. The first-order valence-electron chi connectivity index (χ1n) is 13.5. The Morgan fingerprint density at radius 1 is 1.05 bits per heavy atom. The highest BCUT2D eigenvalue weighted by atomic mass is 32.2. The van der Waals surface area contributed by atoms with Gasteiger partial charge < -0.3 is 19.9 Å². The molecule has 1 saturated carbocycles. The van der Waals surface area contributed by atoms with Gasteiger partial charge in [0, 0.05) is 30.7 Å². The lowest BCUT2D eigenvalue weighted by Gasteiger charge is -2.36.